The highest BCUT2D eigenvalue weighted by molar-refractivity contribution is 14.1. The average molecular weight is 386 g/mol. The number of rotatable bonds is 4. The third-order valence-corrected chi connectivity index (χ3v) is 4.12. The van der Waals surface area contributed by atoms with E-state index < -0.39 is 0 Å². The second-order valence-corrected chi connectivity index (χ2v) is 6.27. The van der Waals surface area contributed by atoms with Crippen molar-refractivity contribution in [3.8, 4) is 5.75 Å². The molecule has 1 saturated carbocycles. The first-order valence-electron chi connectivity index (χ1n) is 6.89. The zero-order valence-corrected chi connectivity index (χ0v) is 13.7. The van der Waals surface area contributed by atoms with E-state index in [1.54, 1.807) is 0 Å². The first-order chi connectivity index (χ1) is 9.65. The van der Waals surface area contributed by atoms with Crippen LogP contribution in [0.1, 0.15) is 32.6 Å². The van der Waals surface area contributed by atoms with Crippen LogP contribution in [-0.2, 0) is 4.79 Å². The molecule has 5 heteroatoms. The van der Waals surface area contributed by atoms with Gasteiger partial charge >= 0.3 is 0 Å². The van der Waals surface area contributed by atoms with Gasteiger partial charge in [-0.05, 0) is 72.0 Å². The molecule has 0 saturated heterocycles. The van der Waals surface area contributed by atoms with Crippen LogP contribution in [0.15, 0.2) is 29.4 Å². The largest absolute Gasteiger partial charge is 0.484 e. The van der Waals surface area contributed by atoms with Crippen LogP contribution in [0, 0.1) is 9.49 Å². The number of halogens is 1. The number of amides is 1. The highest BCUT2D eigenvalue weighted by atomic mass is 127. The van der Waals surface area contributed by atoms with E-state index in [-0.39, 0.29) is 12.5 Å². The smallest absolute Gasteiger partial charge is 0.277 e. The lowest BCUT2D eigenvalue weighted by Gasteiger charge is -2.19. The molecule has 0 aromatic heterocycles. The van der Waals surface area contributed by atoms with E-state index in [1.165, 1.54) is 6.42 Å². The Kier molecular flexibility index (Phi) is 5.82. The SMILES string of the molecule is C[C@H]1CCCCC1=NNC(=O)COc1ccc(I)cc1. The highest BCUT2D eigenvalue weighted by Crippen LogP contribution is 2.20. The predicted molar refractivity (Wildman–Crippen MR) is 87.9 cm³/mol. The number of hydrazone groups is 1. The summed E-state index contributed by atoms with van der Waals surface area (Å²) >= 11 is 2.23. The fourth-order valence-electron chi connectivity index (χ4n) is 2.18. The molecule has 1 aromatic carbocycles. The minimum absolute atomic E-state index is 0.00818. The van der Waals surface area contributed by atoms with Gasteiger partial charge in [-0.25, -0.2) is 5.43 Å². The Labute approximate surface area is 133 Å². The summed E-state index contributed by atoms with van der Waals surface area (Å²) in [6, 6.07) is 7.59. The quantitative estimate of drug-likeness (QED) is 0.638. The molecule has 4 nitrogen and oxygen atoms in total. The second kappa shape index (κ2) is 7.61. The summed E-state index contributed by atoms with van der Waals surface area (Å²) in [6.07, 6.45) is 4.57. The maximum atomic E-state index is 11.7. The van der Waals surface area contributed by atoms with Crippen LogP contribution in [0.5, 0.6) is 5.75 Å². The predicted octanol–water partition coefficient (Wildman–Crippen LogP) is 3.35. The number of nitrogens with zero attached hydrogens (tertiary/aromatic N) is 1. The van der Waals surface area contributed by atoms with E-state index in [0.717, 1.165) is 28.5 Å². The maximum absolute atomic E-state index is 11.7. The molecule has 0 radical (unpaired) electrons. The van der Waals surface area contributed by atoms with Crippen molar-refractivity contribution < 1.29 is 9.53 Å². The third kappa shape index (κ3) is 4.77. The fourth-order valence-corrected chi connectivity index (χ4v) is 2.54. The number of carbonyl (C=O) groups is 1. The van der Waals surface area contributed by atoms with E-state index >= 15 is 0 Å². The summed E-state index contributed by atoms with van der Waals surface area (Å²) in [7, 11) is 0. The van der Waals surface area contributed by atoms with Gasteiger partial charge in [0.15, 0.2) is 6.61 Å². The molecule has 1 fully saturated rings. The van der Waals surface area contributed by atoms with Crippen molar-refractivity contribution in [3.05, 3.63) is 27.8 Å². The van der Waals surface area contributed by atoms with E-state index in [2.05, 4.69) is 40.0 Å². The number of carbonyl (C=O) groups excluding carboxylic acids is 1. The topological polar surface area (TPSA) is 50.7 Å². The molecule has 1 amide bonds. The molecule has 20 heavy (non-hydrogen) atoms. The molecule has 1 aliphatic rings. The molecule has 2 rings (SSSR count). The Morgan fingerprint density at radius 1 is 1.40 bits per heavy atom. The number of benzene rings is 1. The standard InChI is InChI=1S/C15H19IN2O2/c1-11-4-2-3-5-14(11)17-18-15(19)10-20-13-8-6-12(16)7-9-13/h6-9,11H,2-5,10H2,1H3,(H,18,19)/t11-/m0/s1. The highest BCUT2D eigenvalue weighted by Gasteiger charge is 2.16. The lowest BCUT2D eigenvalue weighted by atomic mass is 9.89. The number of ether oxygens (including phenoxy) is 1. The van der Waals surface area contributed by atoms with Crippen LogP contribution in [-0.4, -0.2) is 18.2 Å². The molecule has 0 bridgehead atoms. The lowest BCUT2D eigenvalue weighted by molar-refractivity contribution is -0.123. The van der Waals surface area contributed by atoms with Crippen LogP contribution in [0.2, 0.25) is 0 Å². The summed E-state index contributed by atoms with van der Waals surface area (Å²) in [5.41, 5.74) is 3.68. The van der Waals surface area contributed by atoms with Crippen molar-refractivity contribution in [2.75, 3.05) is 6.61 Å². The van der Waals surface area contributed by atoms with Gasteiger partial charge in [0, 0.05) is 9.28 Å². The molecule has 0 unspecified atom stereocenters. The Balaban J connectivity index is 1.77. The zero-order valence-electron chi connectivity index (χ0n) is 11.6. The van der Waals surface area contributed by atoms with Crippen molar-refractivity contribution in [1.82, 2.24) is 5.43 Å². The monoisotopic (exact) mass is 386 g/mol. The second-order valence-electron chi connectivity index (χ2n) is 5.03. The molecular weight excluding hydrogens is 367 g/mol. The summed E-state index contributed by atoms with van der Waals surface area (Å²) in [6.45, 7) is 2.15. The first kappa shape index (κ1) is 15.3. The van der Waals surface area contributed by atoms with Crippen LogP contribution < -0.4 is 10.2 Å². The summed E-state index contributed by atoms with van der Waals surface area (Å²) in [5.74, 6) is 0.953. The van der Waals surface area contributed by atoms with Gasteiger partial charge in [-0.3, -0.25) is 4.79 Å². The van der Waals surface area contributed by atoms with E-state index in [0.29, 0.717) is 11.7 Å². The van der Waals surface area contributed by atoms with Crippen LogP contribution in [0.4, 0.5) is 0 Å². The molecule has 0 aliphatic heterocycles. The van der Waals surface area contributed by atoms with Gasteiger partial charge in [0.1, 0.15) is 5.75 Å². The summed E-state index contributed by atoms with van der Waals surface area (Å²) in [5, 5.41) is 4.23. The Bertz CT molecular complexity index is 485. The molecule has 1 atom stereocenters. The van der Waals surface area contributed by atoms with Crippen molar-refractivity contribution in [1.29, 1.82) is 0 Å². The molecule has 108 valence electrons. The van der Waals surface area contributed by atoms with Crippen molar-refractivity contribution >= 4 is 34.2 Å². The Morgan fingerprint density at radius 2 is 2.15 bits per heavy atom. The molecule has 0 heterocycles. The third-order valence-electron chi connectivity index (χ3n) is 3.40. The van der Waals surface area contributed by atoms with Gasteiger partial charge in [0.25, 0.3) is 5.91 Å². The Hall–Kier alpha value is -1.11. The van der Waals surface area contributed by atoms with Gasteiger partial charge in [-0.1, -0.05) is 13.3 Å². The summed E-state index contributed by atoms with van der Waals surface area (Å²) in [4.78, 5) is 11.7. The van der Waals surface area contributed by atoms with Gasteiger partial charge in [0.05, 0.1) is 0 Å². The van der Waals surface area contributed by atoms with Crippen molar-refractivity contribution in [3.63, 3.8) is 0 Å². The Morgan fingerprint density at radius 3 is 2.85 bits per heavy atom. The first-order valence-corrected chi connectivity index (χ1v) is 7.96. The molecular formula is C15H19IN2O2. The normalized spacial score (nSPS) is 20.7. The van der Waals surface area contributed by atoms with Crippen LogP contribution in [0.3, 0.4) is 0 Å². The maximum Gasteiger partial charge on any atom is 0.277 e. The van der Waals surface area contributed by atoms with Gasteiger partial charge < -0.3 is 4.74 Å². The van der Waals surface area contributed by atoms with E-state index in [4.69, 9.17) is 4.74 Å². The molecule has 1 N–H and O–H groups in total. The van der Waals surface area contributed by atoms with Crippen molar-refractivity contribution in [2.24, 2.45) is 11.0 Å². The fraction of sp³-hybridized carbons (Fsp3) is 0.467. The average Bonchev–Trinajstić information content (AvgIpc) is 2.46. The van der Waals surface area contributed by atoms with Gasteiger partial charge in [0.2, 0.25) is 0 Å². The van der Waals surface area contributed by atoms with E-state index in [9.17, 15) is 4.79 Å². The molecule has 1 aromatic rings. The summed E-state index contributed by atoms with van der Waals surface area (Å²) < 4.78 is 6.54. The molecule has 0 spiro atoms. The number of hydrogen-bond acceptors (Lipinski definition) is 3. The van der Waals surface area contributed by atoms with Crippen LogP contribution in [0.25, 0.3) is 0 Å². The number of hydrogen-bond donors (Lipinski definition) is 1. The zero-order chi connectivity index (χ0) is 14.4. The van der Waals surface area contributed by atoms with Crippen LogP contribution >= 0.6 is 22.6 Å². The van der Waals surface area contributed by atoms with Crippen molar-refractivity contribution in [2.45, 2.75) is 32.6 Å². The lowest BCUT2D eigenvalue weighted by Crippen LogP contribution is -2.28. The molecule has 1 aliphatic carbocycles. The van der Waals surface area contributed by atoms with E-state index in [1.807, 2.05) is 24.3 Å². The number of nitrogens with one attached hydrogen (secondary N) is 1. The minimum Gasteiger partial charge on any atom is -0.484 e. The van der Waals surface area contributed by atoms with Gasteiger partial charge in [-0.15, -0.1) is 0 Å². The minimum atomic E-state index is -0.214. The van der Waals surface area contributed by atoms with Gasteiger partial charge in [-0.2, -0.15) is 5.10 Å².